The van der Waals surface area contributed by atoms with E-state index in [9.17, 15) is 15.0 Å². The van der Waals surface area contributed by atoms with Gasteiger partial charge in [-0.25, -0.2) is 0 Å². The molecule has 2 heterocycles. The largest absolute Gasteiger partial charge is 0.385 e. The first-order valence-corrected chi connectivity index (χ1v) is 17.7. The molecule has 8 rings (SSSR count). The standard InChI is InChI=1S/C38H50O7/c1-35-23-29(25-6-8-26(9-7-25)34(39)27-10-11-27)33-28(12-16-36(40)24-38(18-14-31(33)36)44-21-22-45-38)30(35)13-17-37(35,41)15-4-20-43-32-5-2-3-19-42-32/h4,6-9,15,27-30,32,40-41H,2-3,5,10-14,16-24H2,1H3/b15-4-/t28-,29+,30-,32?,35-,36+,37-/m0/s1. The van der Waals surface area contributed by atoms with Crippen LogP contribution in [0.3, 0.4) is 0 Å². The maximum atomic E-state index is 12.9. The summed E-state index contributed by atoms with van der Waals surface area (Å²) in [5.74, 6) is 0.464. The Morgan fingerprint density at radius 3 is 2.51 bits per heavy atom. The van der Waals surface area contributed by atoms with Gasteiger partial charge in [0.2, 0.25) is 0 Å². The van der Waals surface area contributed by atoms with Gasteiger partial charge in [0.05, 0.1) is 31.0 Å². The molecule has 1 spiro atoms. The molecule has 244 valence electrons. The molecule has 2 aliphatic heterocycles. The number of carbonyl (C=O) groups excluding carboxylic acids is 1. The fourth-order valence-electron chi connectivity index (χ4n) is 10.3. The van der Waals surface area contributed by atoms with Crippen LogP contribution in [0.1, 0.15) is 112 Å². The SMILES string of the molecule is C[C@]12C[C@H](c3ccc(C(=O)C4CC4)cc3)C3=C4CCC5(C[C@]4(O)CC[C@H]3[C@@H]1CC[C@@]2(O)/C=C\COC1CCCCO1)OCCO5. The number of carbonyl (C=O) groups is 1. The summed E-state index contributed by atoms with van der Waals surface area (Å²) in [6, 6.07) is 8.33. The Morgan fingerprint density at radius 1 is 0.978 bits per heavy atom. The second-order valence-electron chi connectivity index (χ2n) is 15.4. The number of aliphatic hydroxyl groups is 2. The zero-order chi connectivity index (χ0) is 30.9. The van der Waals surface area contributed by atoms with Crippen molar-refractivity contribution in [2.45, 2.75) is 120 Å². The third-order valence-corrected chi connectivity index (χ3v) is 12.9. The summed E-state index contributed by atoms with van der Waals surface area (Å²) >= 11 is 0. The van der Waals surface area contributed by atoms with Crippen molar-refractivity contribution in [1.29, 1.82) is 0 Å². The van der Waals surface area contributed by atoms with E-state index < -0.39 is 17.0 Å². The summed E-state index contributed by atoms with van der Waals surface area (Å²) in [5.41, 5.74) is 2.36. The van der Waals surface area contributed by atoms with Crippen LogP contribution in [0.4, 0.5) is 0 Å². The van der Waals surface area contributed by atoms with Gasteiger partial charge < -0.3 is 29.2 Å². The minimum Gasteiger partial charge on any atom is -0.385 e. The average molecular weight is 619 g/mol. The second kappa shape index (κ2) is 11.4. The van der Waals surface area contributed by atoms with Gasteiger partial charge in [0.15, 0.2) is 17.9 Å². The highest BCUT2D eigenvalue weighted by atomic mass is 16.7. The lowest BCUT2D eigenvalue weighted by atomic mass is 9.49. The Morgan fingerprint density at radius 2 is 1.78 bits per heavy atom. The highest BCUT2D eigenvalue weighted by molar-refractivity contribution is 5.99. The molecule has 4 saturated carbocycles. The fourth-order valence-corrected chi connectivity index (χ4v) is 10.3. The first kappa shape index (κ1) is 30.5. The van der Waals surface area contributed by atoms with Crippen LogP contribution in [-0.2, 0) is 18.9 Å². The number of rotatable bonds is 7. The third kappa shape index (κ3) is 5.21. The molecule has 1 aromatic carbocycles. The van der Waals surface area contributed by atoms with E-state index >= 15 is 0 Å². The van der Waals surface area contributed by atoms with Crippen molar-refractivity contribution in [3.05, 3.63) is 58.7 Å². The number of hydrogen-bond acceptors (Lipinski definition) is 7. The Labute approximate surface area is 267 Å². The summed E-state index contributed by atoms with van der Waals surface area (Å²) in [6.07, 6.45) is 15.1. The van der Waals surface area contributed by atoms with Crippen LogP contribution in [0.15, 0.2) is 47.6 Å². The molecule has 2 saturated heterocycles. The van der Waals surface area contributed by atoms with Crippen molar-refractivity contribution in [2.24, 2.45) is 23.2 Å². The molecule has 0 bridgehead atoms. The molecule has 5 aliphatic carbocycles. The predicted molar refractivity (Wildman–Crippen MR) is 169 cm³/mol. The Bertz CT molecular complexity index is 1350. The lowest BCUT2D eigenvalue weighted by Crippen LogP contribution is -2.55. The van der Waals surface area contributed by atoms with Gasteiger partial charge >= 0.3 is 0 Å². The molecule has 7 atom stereocenters. The van der Waals surface area contributed by atoms with Crippen molar-refractivity contribution in [3.63, 3.8) is 0 Å². The molecule has 0 radical (unpaired) electrons. The summed E-state index contributed by atoms with van der Waals surface area (Å²) in [5, 5.41) is 24.7. The summed E-state index contributed by atoms with van der Waals surface area (Å²) < 4.78 is 23.9. The molecule has 0 amide bonds. The second-order valence-corrected chi connectivity index (χ2v) is 15.4. The number of allylic oxidation sites excluding steroid dienone is 1. The van der Waals surface area contributed by atoms with Crippen LogP contribution >= 0.6 is 0 Å². The lowest BCUT2D eigenvalue weighted by Gasteiger charge is -2.57. The molecule has 7 aliphatic rings. The number of ketones is 1. The van der Waals surface area contributed by atoms with Crippen molar-refractivity contribution in [1.82, 2.24) is 0 Å². The fraction of sp³-hybridized carbons (Fsp3) is 0.711. The van der Waals surface area contributed by atoms with Crippen molar-refractivity contribution in [2.75, 3.05) is 26.4 Å². The van der Waals surface area contributed by atoms with Crippen LogP contribution in [0.25, 0.3) is 0 Å². The maximum absolute atomic E-state index is 12.9. The molecule has 1 unspecified atom stereocenters. The van der Waals surface area contributed by atoms with Gasteiger partial charge in [-0.05, 0) is 93.6 Å². The molecule has 7 nitrogen and oxygen atoms in total. The van der Waals surface area contributed by atoms with Crippen molar-refractivity contribution in [3.8, 4) is 0 Å². The van der Waals surface area contributed by atoms with E-state index in [-0.39, 0.29) is 29.3 Å². The van der Waals surface area contributed by atoms with E-state index in [2.05, 4.69) is 19.1 Å². The molecule has 6 fully saturated rings. The van der Waals surface area contributed by atoms with E-state index in [0.717, 1.165) is 82.8 Å². The van der Waals surface area contributed by atoms with Crippen LogP contribution in [0, 0.1) is 23.2 Å². The van der Waals surface area contributed by atoms with Gasteiger partial charge in [-0.3, -0.25) is 4.79 Å². The van der Waals surface area contributed by atoms with E-state index in [0.29, 0.717) is 44.5 Å². The summed E-state index contributed by atoms with van der Waals surface area (Å²) in [4.78, 5) is 12.9. The zero-order valence-electron chi connectivity index (χ0n) is 26.8. The smallest absolute Gasteiger partial charge is 0.171 e. The van der Waals surface area contributed by atoms with E-state index in [4.69, 9.17) is 18.9 Å². The number of benzene rings is 1. The first-order valence-electron chi connectivity index (χ1n) is 17.7. The third-order valence-electron chi connectivity index (χ3n) is 12.9. The van der Waals surface area contributed by atoms with E-state index in [1.165, 1.54) is 16.7 Å². The molecule has 7 heteroatoms. The first-order chi connectivity index (χ1) is 21.7. The lowest BCUT2D eigenvalue weighted by molar-refractivity contribution is -0.208. The minimum atomic E-state index is -0.944. The number of ether oxygens (including phenoxy) is 4. The van der Waals surface area contributed by atoms with Crippen molar-refractivity contribution >= 4 is 5.78 Å². The van der Waals surface area contributed by atoms with Gasteiger partial charge in [-0.2, -0.15) is 0 Å². The van der Waals surface area contributed by atoms with E-state index in [1.54, 1.807) is 0 Å². The monoisotopic (exact) mass is 618 g/mol. The number of hydrogen-bond donors (Lipinski definition) is 2. The van der Waals surface area contributed by atoms with Gasteiger partial charge in [-0.1, -0.05) is 48.9 Å². The number of fused-ring (bicyclic) bond motifs is 4. The molecular weight excluding hydrogens is 568 g/mol. The zero-order valence-corrected chi connectivity index (χ0v) is 26.8. The van der Waals surface area contributed by atoms with Crippen LogP contribution in [-0.4, -0.2) is 65.7 Å². The quantitative estimate of drug-likeness (QED) is 0.271. The molecule has 2 N–H and O–H groups in total. The molecule has 45 heavy (non-hydrogen) atoms. The van der Waals surface area contributed by atoms with Gasteiger partial charge in [0.25, 0.3) is 0 Å². The highest BCUT2D eigenvalue weighted by Crippen LogP contribution is 2.68. The summed E-state index contributed by atoms with van der Waals surface area (Å²) in [6.45, 7) is 4.67. The minimum absolute atomic E-state index is 0.0625. The highest BCUT2D eigenvalue weighted by Gasteiger charge is 2.64. The van der Waals surface area contributed by atoms with Gasteiger partial charge in [0.1, 0.15) is 0 Å². The molecule has 0 aromatic heterocycles. The number of Topliss-reactive ketones (excluding diaryl/α,β-unsaturated/α-hetero) is 1. The Hall–Kier alpha value is -1.87. The maximum Gasteiger partial charge on any atom is 0.171 e. The Kier molecular flexibility index (Phi) is 7.71. The van der Waals surface area contributed by atoms with Crippen LogP contribution < -0.4 is 0 Å². The van der Waals surface area contributed by atoms with Crippen LogP contribution in [0.2, 0.25) is 0 Å². The van der Waals surface area contributed by atoms with Gasteiger partial charge in [0, 0.05) is 42.3 Å². The normalized spacial score (nSPS) is 40.9. The Balaban J connectivity index is 1.13. The topological polar surface area (TPSA) is 94.5 Å². The van der Waals surface area contributed by atoms with Gasteiger partial charge in [-0.15, -0.1) is 0 Å². The van der Waals surface area contributed by atoms with E-state index in [1.807, 2.05) is 24.3 Å². The molecule has 1 aromatic rings. The predicted octanol–water partition coefficient (Wildman–Crippen LogP) is 6.38. The van der Waals surface area contributed by atoms with Crippen molar-refractivity contribution < 1.29 is 34.0 Å². The average Bonchev–Trinajstić information content (AvgIpc) is 3.75. The summed E-state index contributed by atoms with van der Waals surface area (Å²) in [7, 11) is 0. The van der Waals surface area contributed by atoms with Crippen LogP contribution in [0.5, 0.6) is 0 Å². The molecular formula is C38H50O7.